The molecule has 1 heterocycles. The molecule has 3 rings (SSSR count). The van der Waals surface area contributed by atoms with Crippen molar-refractivity contribution >= 4 is 28.8 Å². The molecule has 0 N–H and O–H groups in total. The first kappa shape index (κ1) is 19.0. The molecule has 1 fully saturated rings. The van der Waals surface area contributed by atoms with E-state index in [0.29, 0.717) is 31.7 Å². The Labute approximate surface area is 160 Å². The summed E-state index contributed by atoms with van der Waals surface area (Å²) in [6.07, 6.45) is 1.50. The number of nitrogens with zero attached hydrogens (tertiary/aromatic N) is 2. The summed E-state index contributed by atoms with van der Waals surface area (Å²) in [7, 11) is 0. The quantitative estimate of drug-likeness (QED) is 0.801. The van der Waals surface area contributed by atoms with Crippen LogP contribution in [0.15, 0.2) is 43.0 Å². The van der Waals surface area contributed by atoms with Gasteiger partial charge in [0.1, 0.15) is 5.60 Å². The fraction of sp³-hybridized carbons (Fsp3) is 0.364. The molecule has 2 aromatic carbocycles. The molecule has 0 unspecified atom stereocenters. The predicted octanol–water partition coefficient (Wildman–Crippen LogP) is 4.18. The van der Waals surface area contributed by atoms with Gasteiger partial charge in [0.15, 0.2) is 0 Å². The molecule has 0 aliphatic carbocycles. The number of benzene rings is 2. The maximum atomic E-state index is 12.9. The highest BCUT2D eigenvalue weighted by atomic mass is 16.6. The van der Waals surface area contributed by atoms with Crippen molar-refractivity contribution in [3.8, 4) is 0 Å². The van der Waals surface area contributed by atoms with Crippen LogP contribution in [0, 0.1) is 0 Å². The molecule has 1 aliphatic rings. The summed E-state index contributed by atoms with van der Waals surface area (Å²) in [5.41, 5.74) is 1.20. The third kappa shape index (κ3) is 4.30. The minimum Gasteiger partial charge on any atom is -0.444 e. The zero-order valence-electron chi connectivity index (χ0n) is 16.2. The van der Waals surface area contributed by atoms with Gasteiger partial charge in [0.2, 0.25) is 0 Å². The first-order valence-electron chi connectivity index (χ1n) is 9.21. The van der Waals surface area contributed by atoms with Crippen molar-refractivity contribution in [1.82, 2.24) is 9.80 Å². The molecule has 5 heteroatoms. The molecular formula is C22H26N2O3. The Bertz CT molecular complexity index is 875. The number of hydrogen-bond donors (Lipinski definition) is 0. The number of amides is 2. The van der Waals surface area contributed by atoms with Crippen molar-refractivity contribution in [3.63, 3.8) is 0 Å². The molecule has 5 nitrogen and oxygen atoms in total. The van der Waals surface area contributed by atoms with Gasteiger partial charge in [-0.2, -0.15) is 0 Å². The maximum Gasteiger partial charge on any atom is 0.410 e. The molecule has 1 saturated heterocycles. The van der Waals surface area contributed by atoms with Gasteiger partial charge < -0.3 is 14.5 Å². The van der Waals surface area contributed by atoms with E-state index in [1.807, 2.05) is 63.2 Å². The summed E-state index contributed by atoms with van der Waals surface area (Å²) in [4.78, 5) is 28.5. The molecular weight excluding hydrogens is 340 g/mol. The normalized spacial score (nSPS) is 14.9. The van der Waals surface area contributed by atoms with Crippen LogP contribution in [0.3, 0.4) is 0 Å². The summed E-state index contributed by atoms with van der Waals surface area (Å²) in [5.74, 6) is -0.00950. The molecule has 0 spiro atoms. The third-order valence-electron chi connectivity index (χ3n) is 4.60. The molecule has 0 radical (unpaired) electrons. The van der Waals surface area contributed by atoms with Crippen molar-refractivity contribution < 1.29 is 14.3 Å². The number of fused-ring (bicyclic) bond motifs is 1. The smallest absolute Gasteiger partial charge is 0.410 e. The first-order chi connectivity index (χ1) is 12.8. The topological polar surface area (TPSA) is 49.9 Å². The standard InChI is InChI=1S/C22H26N2O3/c1-5-16-7-6-8-17-15-18(9-10-19(16)17)20(25)23-11-13-24(14-12-23)21(26)27-22(2,3)4/h5-10,15H,1,11-14H2,2-4H3. The lowest BCUT2D eigenvalue weighted by molar-refractivity contribution is 0.0141. The van der Waals surface area contributed by atoms with Gasteiger partial charge in [0.25, 0.3) is 5.91 Å². The van der Waals surface area contributed by atoms with Crippen LogP contribution in [0.2, 0.25) is 0 Å². The molecule has 0 bridgehead atoms. The van der Waals surface area contributed by atoms with E-state index in [1.165, 1.54) is 0 Å². The average molecular weight is 366 g/mol. The van der Waals surface area contributed by atoms with Crippen LogP contribution in [0.4, 0.5) is 4.79 Å². The minimum absolute atomic E-state index is 0.00950. The van der Waals surface area contributed by atoms with Crippen molar-refractivity contribution in [2.75, 3.05) is 26.2 Å². The highest BCUT2D eigenvalue weighted by Gasteiger charge is 2.28. The Morgan fingerprint density at radius 1 is 1.04 bits per heavy atom. The van der Waals surface area contributed by atoms with Gasteiger partial charge in [-0.05, 0) is 49.2 Å². The van der Waals surface area contributed by atoms with E-state index in [1.54, 1.807) is 9.80 Å². The zero-order valence-corrected chi connectivity index (χ0v) is 16.2. The van der Waals surface area contributed by atoms with Crippen LogP contribution >= 0.6 is 0 Å². The van der Waals surface area contributed by atoms with E-state index < -0.39 is 5.60 Å². The zero-order chi connectivity index (χ0) is 19.6. The van der Waals surface area contributed by atoms with Gasteiger partial charge in [-0.3, -0.25) is 4.79 Å². The molecule has 1 aliphatic heterocycles. The molecule has 142 valence electrons. The maximum absolute atomic E-state index is 12.9. The Hall–Kier alpha value is -2.82. The summed E-state index contributed by atoms with van der Waals surface area (Å²) in [6.45, 7) is 11.4. The summed E-state index contributed by atoms with van der Waals surface area (Å²) in [5, 5.41) is 2.10. The van der Waals surface area contributed by atoms with Gasteiger partial charge >= 0.3 is 6.09 Å². The fourth-order valence-corrected chi connectivity index (χ4v) is 3.22. The van der Waals surface area contributed by atoms with Crippen LogP contribution in [-0.4, -0.2) is 53.6 Å². The van der Waals surface area contributed by atoms with Crippen molar-refractivity contribution in [2.24, 2.45) is 0 Å². The highest BCUT2D eigenvalue weighted by molar-refractivity contribution is 6.00. The predicted molar refractivity (Wildman–Crippen MR) is 108 cm³/mol. The van der Waals surface area contributed by atoms with E-state index in [4.69, 9.17) is 4.74 Å². The third-order valence-corrected chi connectivity index (χ3v) is 4.60. The number of carbonyl (C=O) groups is 2. The largest absolute Gasteiger partial charge is 0.444 e. The van der Waals surface area contributed by atoms with Gasteiger partial charge in [0, 0.05) is 31.7 Å². The Kier molecular flexibility index (Phi) is 5.22. The Balaban J connectivity index is 1.68. The van der Waals surface area contributed by atoms with Crippen molar-refractivity contribution in [2.45, 2.75) is 26.4 Å². The van der Waals surface area contributed by atoms with Crippen LogP contribution in [-0.2, 0) is 4.74 Å². The number of piperazine rings is 1. The number of carbonyl (C=O) groups excluding carboxylic acids is 2. The second-order valence-corrected chi connectivity index (χ2v) is 7.75. The van der Waals surface area contributed by atoms with Gasteiger partial charge in [-0.15, -0.1) is 0 Å². The van der Waals surface area contributed by atoms with Crippen LogP contribution in [0.1, 0.15) is 36.7 Å². The fourth-order valence-electron chi connectivity index (χ4n) is 3.22. The highest BCUT2D eigenvalue weighted by Crippen LogP contribution is 2.22. The van der Waals surface area contributed by atoms with E-state index >= 15 is 0 Å². The molecule has 27 heavy (non-hydrogen) atoms. The Morgan fingerprint density at radius 3 is 2.33 bits per heavy atom. The number of rotatable bonds is 2. The van der Waals surface area contributed by atoms with Gasteiger partial charge in [-0.1, -0.05) is 36.9 Å². The second kappa shape index (κ2) is 7.43. The SMILES string of the molecule is C=Cc1cccc2cc(C(=O)N3CCN(C(=O)OC(C)(C)C)CC3)ccc12. The first-order valence-corrected chi connectivity index (χ1v) is 9.21. The second-order valence-electron chi connectivity index (χ2n) is 7.75. The minimum atomic E-state index is -0.514. The van der Waals surface area contributed by atoms with Gasteiger partial charge in [0.05, 0.1) is 0 Å². The lowest BCUT2D eigenvalue weighted by atomic mass is 10.0. The van der Waals surface area contributed by atoms with E-state index in [-0.39, 0.29) is 12.0 Å². The lowest BCUT2D eigenvalue weighted by Crippen LogP contribution is -2.51. The van der Waals surface area contributed by atoms with Crippen LogP contribution < -0.4 is 0 Å². The van der Waals surface area contributed by atoms with Crippen molar-refractivity contribution in [3.05, 3.63) is 54.1 Å². The lowest BCUT2D eigenvalue weighted by Gasteiger charge is -2.35. The summed E-state index contributed by atoms with van der Waals surface area (Å²) >= 11 is 0. The van der Waals surface area contributed by atoms with Gasteiger partial charge in [-0.25, -0.2) is 4.79 Å². The monoisotopic (exact) mass is 366 g/mol. The Morgan fingerprint density at radius 2 is 1.70 bits per heavy atom. The number of ether oxygens (including phenoxy) is 1. The number of hydrogen-bond acceptors (Lipinski definition) is 3. The van der Waals surface area contributed by atoms with Crippen LogP contribution in [0.5, 0.6) is 0 Å². The van der Waals surface area contributed by atoms with Crippen LogP contribution in [0.25, 0.3) is 16.8 Å². The van der Waals surface area contributed by atoms with Crippen molar-refractivity contribution in [1.29, 1.82) is 0 Å². The molecule has 0 aromatic heterocycles. The summed E-state index contributed by atoms with van der Waals surface area (Å²) < 4.78 is 5.40. The molecule has 2 amide bonds. The van der Waals surface area contributed by atoms with E-state index in [9.17, 15) is 9.59 Å². The average Bonchev–Trinajstić information content (AvgIpc) is 2.65. The van der Waals surface area contributed by atoms with E-state index in [0.717, 1.165) is 16.3 Å². The molecule has 2 aromatic rings. The molecule has 0 atom stereocenters. The molecule has 0 saturated carbocycles. The summed E-state index contributed by atoms with van der Waals surface area (Å²) in [6, 6.07) is 11.7. The van der Waals surface area contributed by atoms with E-state index in [2.05, 4.69) is 6.58 Å².